The maximum absolute atomic E-state index is 13.0. The number of carbonyl (C=O) groups is 1. The number of sulfonamides is 1. The Balaban J connectivity index is 2.42. The summed E-state index contributed by atoms with van der Waals surface area (Å²) in [6, 6.07) is 9.34. The molecule has 0 aliphatic carbocycles. The largest absolute Gasteiger partial charge is 0.324 e. The first-order chi connectivity index (χ1) is 13.1. The lowest BCUT2D eigenvalue weighted by molar-refractivity contribution is -0.116. The first-order valence-electron chi connectivity index (χ1n) is 8.96. The Kier molecular flexibility index (Phi) is 7.37. The fraction of sp³-hybridized carbons (Fsp3) is 0.350. The lowest BCUT2D eigenvalue weighted by Crippen LogP contribution is -2.45. The summed E-state index contributed by atoms with van der Waals surface area (Å²) >= 11 is 12.0. The van der Waals surface area contributed by atoms with E-state index in [1.54, 1.807) is 6.92 Å². The Morgan fingerprint density at radius 2 is 1.64 bits per heavy atom. The molecule has 0 bridgehead atoms. The first kappa shape index (κ1) is 22.5. The first-order valence-corrected chi connectivity index (χ1v) is 11.6. The summed E-state index contributed by atoms with van der Waals surface area (Å²) in [6.07, 6.45) is 2.55. The second-order valence-electron chi connectivity index (χ2n) is 6.48. The molecule has 0 aromatic heterocycles. The van der Waals surface area contributed by atoms with Crippen molar-refractivity contribution in [2.75, 3.05) is 15.9 Å². The quantitative estimate of drug-likeness (QED) is 0.661. The van der Waals surface area contributed by atoms with Crippen LogP contribution in [0.1, 0.15) is 31.9 Å². The fourth-order valence-electron chi connectivity index (χ4n) is 3.06. The van der Waals surface area contributed by atoms with Gasteiger partial charge in [-0.1, -0.05) is 55.2 Å². The molecule has 2 aromatic carbocycles. The van der Waals surface area contributed by atoms with E-state index in [1.165, 1.54) is 18.2 Å². The van der Waals surface area contributed by atoms with E-state index in [2.05, 4.69) is 5.32 Å². The number of halogens is 2. The van der Waals surface area contributed by atoms with E-state index < -0.39 is 22.0 Å². The van der Waals surface area contributed by atoms with Gasteiger partial charge in [0.25, 0.3) is 0 Å². The summed E-state index contributed by atoms with van der Waals surface area (Å²) in [7, 11) is -3.74. The number of anilines is 2. The van der Waals surface area contributed by atoms with Crippen LogP contribution in [0.15, 0.2) is 36.4 Å². The van der Waals surface area contributed by atoms with Gasteiger partial charge in [-0.2, -0.15) is 0 Å². The van der Waals surface area contributed by atoms with Gasteiger partial charge in [-0.25, -0.2) is 8.42 Å². The number of hydrogen-bond acceptors (Lipinski definition) is 3. The smallest absolute Gasteiger partial charge is 0.248 e. The Morgan fingerprint density at radius 3 is 2.11 bits per heavy atom. The number of para-hydroxylation sites is 1. The molecule has 1 N–H and O–H groups in total. The van der Waals surface area contributed by atoms with Crippen LogP contribution in [0, 0.1) is 0 Å². The van der Waals surface area contributed by atoms with Crippen molar-refractivity contribution in [3.63, 3.8) is 0 Å². The van der Waals surface area contributed by atoms with Gasteiger partial charge in [-0.15, -0.1) is 0 Å². The van der Waals surface area contributed by atoms with Gasteiger partial charge in [-0.3, -0.25) is 9.10 Å². The van der Waals surface area contributed by atoms with Crippen molar-refractivity contribution in [1.82, 2.24) is 0 Å². The monoisotopic (exact) mass is 442 g/mol. The summed E-state index contributed by atoms with van der Waals surface area (Å²) in [5.74, 6) is -0.424. The molecule has 8 heteroatoms. The number of nitrogens with zero attached hydrogens (tertiary/aromatic N) is 1. The summed E-state index contributed by atoms with van der Waals surface area (Å²) in [5, 5.41) is 3.44. The van der Waals surface area contributed by atoms with E-state index in [-0.39, 0.29) is 10.7 Å². The molecule has 2 aromatic rings. The summed E-state index contributed by atoms with van der Waals surface area (Å²) in [5.41, 5.74) is 3.02. The zero-order chi connectivity index (χ0) is 21.1. The highest BCUT2D eigenvalue weighted by atomic mass is 35.5. The van der Waals surface area contributed by atoms with Crippen LogP contribution in [0.4, 0.5) is 11.4 Å². The predicted molar refractivity (Wildman–Crippen MR) is 117 cm³/mol. The van der Waals surface area contributed by atoms with Crippen LogP contribution in [0.25, 0.3) is 0 Å². The molecular weight excluding hydrogens is 419 g/mol. The standard InChI is InChI=1S/C20H24Cl2N2O3S/c1-5-14-8-7-9-15(6-2)19(14)23-20(25)13(3)24(28(4,26)27)16-10-11-17(21)18(22)12-16/h7-13H,5-6H2,1-4H3,(H,23,25). The Bertz CT molecular complexity index is 955. The van der Waals surface area contributed by atoms with Gasteiger partial charge in [0.2, 0.25) is 15.9 Å². The maximum Gasteiger partial charge on any atom is 0.248 e. The maximum atomic E-state index is 13.0. The Hall–Kier alpha value is -1.76. The normalized spacial score (nSPS) is 12.5. The van der Waals surface area contributed by atoms with Crippen molar-refractivity contribution in [2.45, 2.75) is 39.7 Å². The molecule has 2 rings (SSSR count). The molecule has 0 fully saturated rings. The van der Waals surface area contributed by atoms with E-state index in [1.807, 2.05) is 32.0 Å². The second kappa shape index (κ2) is 9.16. The van der Waals surface area contributed by atoms with E-state index >= 15 is 0 Å². The minimum Gasteiger partial charge on any atom is -0.324 e. The molecular formula is C20H24Cl2N2O3S. The fourth-order valence-corrected chi connectivity index (χ4v) is 4.52. The van der Waals surface area contributed by atoms with Crippen molar-refractivity contribution in [1.29, 1.82) is 0 Å². The zero-order valence-electron chi connectivity index (χ0n) is 16.3. The lowest BCUT2D eigenvalue weighted by Gasteiger charge is -2.29. The highest BCUT2D eigenvalue weighted by Crippen LogP contribution is 2.30. The zero-order valence-corrected chi connectivity index (χ0v) is 18.6. The minimum atomic E-state index is -3.74. The van der Waals surface area contributed by atoms with Crippen molar-refractivity contribution in [3.8, 4) is 0 Å². The van der Waals surface area contributed by atoms with E-state index in [0.29, 0.717) is 5.02 Å². The topological polar surface area (TPSA) is 66.5 Å². The van der Waals surface area contributed by atoms with Crippen LogP contribution in [-0.2, 0) is 27.7 Å². The number of benzene rings is 2. The molecule has 1 amide bonds. The summed E-state index contributed by atoms with van der Waals surface area (Å²) in [6.45, 7) is 5.55. The average Bonchev–Trinajstić information content (AvgIpc) is 2.63. The van der Waals surface area contributed by atoms with Crippen molar-refractivity contribution in [3.05, 3.63) is 57.6 Å². The summed E-state index contributed by atoms with van der Waals surface area (Å²) < 4.78 is 25.9. The highest BCUT2D eigenvalue weighted by molar-refractivity contribution is 7.92. The number of amides is 1. The Labute approximate surface area is 176 Å². The minimum absolute atomic E-state index is 0.213. The van der Waals surface area contributed by atoms with Crippen LogP contribution in [0.5, 0.6) is 0 Å². The SMILES string of the molecule is CCc1cccc(CC)c1NC(=O)C(C)N(c1ccc(Cl)c(Cl)c1)S(C)(=O)=O. The van der Waals surface area contributed by atoms with Crippen LogP contribution in [0.2, 0.25) is 10.0 Å². The van der Waals surface area contributed by atoms with E-state index in [9.17, 15) is 13.2 Å². The Morgan fingerprint density at radius 1 is 1.07 bits per heavy atom. The van der Waals surface area contributed by atoms with Gasteiger partial charge < -0.3 is 5.32 Å². The van der Waals surface area contributed by atoms with Gasteiger partial charge in [0, 0.05) is 5.69 Å². The summed E-state index contributed by atoms with van der Waals surface area (Å²) in [4.78, 5) is 13.0. The lowest BCUT2D eigenvalue weighted by atomic mass is 10.0. The van der Waals surface area contributed by atoms with E-state index in [0.717, 1.165) is 40.2 Å². The van der Waals surface area contributed by atoms with Crippen LogP contribution in [-0.4, -0.2) is 26.6 Å². The van der Waals surface area contributed by atoms with Gasteiger partial charge in [0.1, 0.15) is 6.04 Å². The molecule has 0 aliphatic rings. The second-order valence-corrected chi connectivity index (χ2v) is 9.15. The number of carbonyl (C=O) groups excluding carboxylic acids is 1. The van der Waals surface area contributed by atoms with Crippen molar-refractivity contribution in [2.24, 2.45) is 0 Å². The van der Waals surface area contributed by atoms with Crippen LogP contribution >= 0.6 is 23.2 Å². The molecule has 0 heterocycles. The molecule has 28 heavy (non-hydrogen) atoms. The highest BCUT2D eigenvalue weighted by Gasteiger charge is 2.30. The van der Waals surface area contributed by atoms with Crippen LogP contribution < -0.4 is 9.62 Å². The van der Waals surface area contributed by atoms with Crippen molar-refractivity contribution >= 4 is 50.5 Å². The molecule has 0 aliphatic heterocycles. The number of aryl methyl sites for hydroxylation is 2. The molecule has 0 saturated heterocycles. The third kappa shape index (κ3) is 4.99. The molecule has 0 spiro atoms. The van der Waals surface area contributed by atoms with Gasteiger partial charge in [0.15, 0.2) is 0 Å². The molecule has 1 unspecified atom stereocenters. The molecule has 152 valence electrons. The molecule has 1 atom stereocenters. The predicted octanol–water partition coefficient (Wildman–Crippen LogP) is 4.91. The average molecular weight is 443 g/mol. The number of nitrogens with one attached hydrogen (secondary N) is 1. The molecule has 0 saturated carbocycles. The van der Waals surface area contributed by atoms with Gasteiger partial charge in [0.05, 0.1) is 22.0 Å². The van der Waals surface area contributed by atoms with Crippen molar-refractivity contribution < 1.29 is 13.2 Å². The number of hydrogen-bond donors (Lipinski definition) is 1. The van der Waals surface area contributed by atoms with E-state index in [4.69, 9.17) is 23.2 Å². The van der Waals surface area contributed by atoms with Gasteiger partial charge in [-0.05, 0) is 49.1 Å². The number of rotatable bonds is 7. The van der Waals surface area contributed by atoms with Crippen LogP contribution in [0.3, 0.4) is 0 Å². The molecule has 0 radical (unpaired) electrons. The third-order valence-electron chi connectivity index (χ3n) is 4.49. The third-order valence-corrected chi connectivity index (χ3v) is 6.47. The van der Waals surface area contributed by atoms with Gasteiger partial charge >= 0.3 is 0 Å². The molecule has 5 nitrogen and oxygen atoms in total.